The molecule has 0 aliphatic carbocycles. The van der Waals surface area contributed by atoms with Crippen LogP contribution in [0.15, 0.2) is 35.6 Å². The lowest BCUT2D eigenvalue weighted by molar-refractivity contribution is 0.219. The first-order valence-electron chi connectivity index (χ1n) is 5.62. The number of nitrogens with zero attached hydrogens (tertiary/aromatic N) is 2. The molecule has 0 fully saturated rings. The molecule has 0 amide bonds. The third-order valence-corrected chi connectivity index (χ3v) is 3.02. The van der Waals surface area contributed by atoms with Gasteiger partial charge in [-0.15, -0.1) is 0 Å². The second-order valence-corrected chi connectivity index (χ2v) is 5.70. The maximum absolute atomic E-state index is 13.4. The number of hydrogen-bond donors (Lipinski definition) is 1. The molecule has 2 aromatic rings. The number of alkyl halides is 1. The standard InChI is InChI=1S/C13H15BrFN3/c1-9(16-8-13(2,3)15)11-7-17-18-5-4-10(14)6-12(11)18/h4-7,16H,1,8H2,2-3H3. The molecule has 0 aliphatic heterocycles. The van der Waals surface area contributed by atoms with Gasteiger partial charge in [0.2, 0.25) is 0 Å². The molecule has 0 aromatic carbocycles. The highest BCUT2D eigenvalue weighted by Crippen LogP contribution is 2.21. The minimum atomic E-state index is -1.27. The smallest absolute Gasteiger partial charge is 0.122 e. The van der Waals surface area contributed by atoms with Crippen molar-refractivity contribution in [3.63, 3.8) is 0 Å². The average Bonchev–Trinajstić information content (AvgIpc) is 2.67. The normalized spacial score (nSPS) is 11.8. The predicted molar refractivity (Wildman–Crippen MR) is 75.1 cm³/mol. The van der Waals surface area contributed by atoms with Crippen LogP contribution in [0, 0.1) is 0 Å². The molecular formula is C13H15BrFN3. The molecule has 96 valence electrons. The molecule has 18 heavy (non-hydrogen) atoms. The van der Waals surface area contributed by atoms with Crippen LogP contribution < -0.4 is 5.32 Å². The van der Waals surface area contributed by atoms with Crippen molar-refractivity contribution in [1.82, 2.24) is 14.9 Å². The Morgan fingerprint density at radius 2 is 2.33 bits per heavy atom. The molecule has 5 heteroatoms. The van der Waals surface area contributed by atoms with Gasteiger partial charge in [0.15, 0.2) is 0 Å². The number of nitrogens with one attached hydrogen (secondary N) is 1. The summed E-state index contributed by atoms with van der Waals surface area (Å²) in [5.41, 5.74) is 1.21. The summed E-state index contributed by atoms with van der Waals surface area (Å²) in [6.45, 7) is 7.21. The van der Waals surface area contributed by atoms with E-state index in [1.54, 1.807) is 10.7 Å². The molecule has 0 aliphatic rings. The Labute approximate surface area is 114 Å². The van der Waals surface area contributed by atoms with E-state index < -0.39 is 5.67 Å². The summed E-state index contributed by atoms with van der Waals surface area (Å²) >= 11 is 3.42. The summed E-state index contributed by atoms with van der Waals surface area (Å²) in [6.07, 6.45) is 3.58. The molecule has 0 radical (unpaired) electrons. The number of fused-ring (bicyclic) bond motifs is 1. The van der Waals surface area contributed by atoms with E-state index in [1.807, 2.05) is 18.3 Å². The number of hydrogen-bond acceptors (Lipinski definition) is 2. The largest absolute Gasteiger partial charge is 0.382 e. The van der Waals surface area contributed by atoms with Crippen molar-refractivity contribution in [3.05, 3.63) is 41.1 Å². The molecule has 0 spiro atoms. The van der Waals surface area contributed by atoms with Gasteiger partial charge >= 0.3 is 0 Å². The van der Waals surface area contributed by atoms with Crippen molar-refractivity contribution >= 4 is 27.1 Å². The van der Waals surface area contributed by atoms with Crippen LogP contribution in [0.25, 0.3) is 11.2 Å². The molecule has 0 atom stereocenters. The van der Waals surface area contributed by atoms with Crippen LogP contribution in [0.2, 0.25) is 0 Å². The Balaban J connectivity index is 2.25. The number of pyridine rings is 1. The molecular weight excluding hydrogens is 297 g/mol. The van der Waals surface area contributed by atoms with Crippen molar-refractivity contribution < 1.29 is 4.39 Å². The Kier molecular flexibility index (Phi) is 3.43. The Bertz CT molecular complexity index is 583. The predicted octanol–water partition coefficient (Wildman–Crippen LogP) is 3.41. The minimum absolute atomic E-state index is 0.219. The van der Waals surface area contributed by atoms with E-state index in [-0.39, 0.29) is 6.54 Å². The van der Waals surface area contributed by atoms with Crippen LogP contribution in [-0.4, -0.2) is 21.8 Å². The first kappa shape index (κ1) is 13.1. The van der Waals surface area contributed by atoms with E-state index in [4.69, 9.17) is 0 Å². The highest BCUT2D eigenvalue weighted by atomic mass is 79.9. The Morgan fingerprint density at radius 1 is 1.61 bits per heavy atom. The molecule has 2 heterocycles. The van der Waals surface area contributed by atoms with E-state index in [2.05, 4.69) is 32.9 Å². The first-order valence-corrected chi connectivity index (χ1v) is 6.41. The summed E-state index contributed by atoms with van der Waals surface area (Å²) in [6, 6.07) is 3.86. The third kappa shape index (κ3) is 2.90. The van der Waals surface area contributed by atoms with Crippen molar-refractivity contribution in [2.45, 2.75) is 19.5 Å². The topological polar surface area (TPSA) is 29.3 Å². The van der Waals surface area contributed by atoms with E-state index in [9.17, 15) is 4.39 Å². The van der Waals surface area contributed by atoms with Gasteiger partial charge in [0.05, 0.1) is 11.7 Å². The Morgan fingerprint density at radius 3 is 3.00 bits per heavy atom. The third-order valence-electron chi connectivity index (χ3n) is 2.53. The highest BCUT2D eigenvalue weighted by Gasteiger charge is 2.16. The molecule has 3 nitrogen and oxygen atoms in total. The fourth-order valence-corrected chi connectivity index (χ4v) is 1.93. The van der Waals surface area contributed by atoms with Gasteiger partial charge < -0.3 is 5.32 Å². The summed E-state index contributed by atoms with van der Waals surface area (Å²) < 4.78 is 16.2. The van der Waals surface area contributed by atoms with Gasteiger partial charge in [-0.1, -0.05) is 22.5 Å². The van der Waals surface area contributed by atoms with E-state index in [0.29, 0.717) is 5.70 Å². The number of aromatic nitrogens is 2. The fraction of sp³-hybridized carbons (Fsp3) is 0.308. The minimum Gasteiger partial charge on any atom is -0.382 e. The maximum atomic E-state index is 13.4. The zero-order valence-corrected chi connectivity index (χ0v) is 12.0. The van der Waals surface area contributed by atoms with Gasteiger partial charge in [-0.25, -0.2) is 8.91 Å². The van der Waals surface area contributed by atoms with Gasteiger partial charge in [-0.3, -0.25) is 0 Å². The van der Waals surface area contributed by atoms with Crippen LogP contribution >= 0.6 is 15.9 Å². The van der Waals surface area contributed by atoms with Gasteiger partial charge in [-0.05, 0) is 26.0 Å². The zero-order chi connectivity index (χ0) is 13.3. The first-order chi connectivity index (χ1) is 8.37. The molecule has 2 rings (SSSR count). The molecule has 0 bridgehead atoms. The summed E-state index contributed by atoms with van der Waals surface area (Å²) in [7, 11) is 0. The summed E-state index contributed by atoms with van der Waals surface area (Å²) in [5.74, 6) is 0. The van der Waals surface area contributed by atoms with Crippen LogP contribution in [0.1, 0.15) is 19.4 Å². The van der Waals surface area contributed by atoms with Crippen LogP contribution in [0.4, 0.5) is 4.39 Å². The lowest BCUT2D eigenvalue weighted by atomic mass is 10.1. The monoisotopic (exact) mass is 311 g/mol. The van der Waals surface area contributed by atoms with Crippen molar-refractivity contribution in [2.24, 2.45) is 0 Å². The second-order valence-electron chi connectivity index (χ2n) is 4.78. The van der Waals surface area contributed by atoms with Crippen LogP contribution in [0.5, 0.6) is 0 Å². The van der Waals surface area contributed by atoms with E-state index in [1.165, 1.54) is 13.8 Å². The van der Waals surface area contributed by atoms with Gasteiger partial charge in [0.1, 0.15) is 5.67 Å². The summed E-state index contributed by atoms with van der Waals surface area (Å²) in [4.78, 5) is 0. The van der Waals surface area contributed by atoms with Crippen LogP contribution in [0.3, 0.4) is 0 Å². The molecule has 0 unspecified atom stereocenters. The molecule has 0 saturated heterocycles. The van der Waals surface area contributed by atoms with Gasteiger partial charge in [0, 0.05) is 28.5 Å². The highest BCUT2D eigenvalue weighted by molar-refractivity contribution is 9.10. The van der Waals surface area contributed by atoms with Crippen molar-refractivity contribution in [2.75, 3.05) is 6.54 Å². The maximum Gasteiger partial charge on any atom is 0.122 e. The Hall–Kier alpha value is -1.36. The number of halogens is 2. The van der Waals surface area contributed by atoms with Crippen molar-refractivity contribution in [1.29, 1.82) is 0 Å². The van der Waals surface area contributed by atoms with Crippen LogP contribution in [-0.2, 0) is 0 Å². The lowest BCUT2D eigenvalue weighted by Crippen LogP contribution is -2.29. The fourth-order valence-electron chi connectivity index (χ4n) is 1.60. The molecule has 0 saturated carbocycles. The average molecular weight is 312 g/mol. The van der Waals surface area contributed by atoms with Gasteiger partial charge in [0.25, 0.3) is 0 Å². The number of rotatable bonds is 4. The summed E-state index contributed by atoms with van der Waals surface area (Å²) in [5, 5.41) is 7.23. The van der Waals surface area contributed by atoms with E-state index in [0.717, 1.165) is 15.6 Å². The molecule has 2 aromatic heterocycles. The quantitative estimate of drug-likeness (QED) is 0.937. The van der Waals surface area contributed by atoms with Gasteiger partial charge in [-0.2, -0.15) is 5.10 Å². The van der Waals surface area contributed by atoms with Crippen molar-refractivity contribution in [3.8, 4) is 0 Å². The lowest BCUT2D eigenvalue weighted by Gasteiger charge is -2.16. The zero-order valence-electron chi connectivity index (χ0n) is 10.4. The molecule has 1 N–H and O–H groups in total. The van der Waals surface area contributed by atoms with E-state index >= 15 is 0 Å². The SMILES string of the molecule is C=C(NCC(C)(C)F)c1cnn2ccc(Br)cc12. The second kappa shape index (κ2) is 4.72.